The lowest BCUT2D eigenvalue weighted by Crippen LogP contribution is -1.96. The third-order valence-corrected chi connectivity index (χ3v) is 3.03. The van der Waals surface area contributed by atoms with Crippen LogP contribution in [0.1, 0.15) is 24.3 Å². The minimum Gasteiger partial charge on any atom is -0.455 e. The molecule has 0 saturated heterocycles. The van der Waals surface area contributed by atoms with Crippen molar-refractivity contribution in [1.29, 1.82) is 0 Å². The average Bonchev–Trinajstić information content (AvgIpc) is 2.32. The van der Waals surface area contributed by atoms with Crippen LogP contribution in [0.25, 0.3) is 0 Å². The maximum Gasteiger partial charge on any atom is 0.145 e. The summed E-state index contributed by atoms with van der Waals surface area (Å²) in [6, 6.07) is 9.29. The fraction of sp³-hybridized carbons (Fsp3) is 0.214. The van der Waals surface area contributed by atoms with Gasteiger partial charge in [-0.15, -0.1) is 0 Å². The first kappa shape index (κ1) is 13.1. The number of pyridine rings is 1. The number of nitrogens with zero attached hydrogens (tertiary/aromatic N) is 1. The molecule has 1 aromatic heterocycles. The van der Waals surface area contributed by atoms with Gasteiger partial charge in [0.2, 0.25) is 0 Å². The maximum atomic E-state index is 9.71. The molecule has 0 bridgehead atoms. The van der Waals surface area contributed by atoms with Crippen LogP contribution in [0, 0.1) is 6.92 Å². The number of aliphatic hydroxyl groups is 1. The highest BCUT2D eigenvalue weighted by molar-refractivity contribution is 9.10. The van der Waals surface area contributed by atoms with Crippen molar-refractivity contribution in [2.75, 3.05) is 0 Å². The van der Waals surface area contributed by atoms with Gasteiger partial charge in [0.05, 0.1) is 12.3 Å². The highest BCUT2D eigenvalue weighted by atomic mass is 79.9. The average molecular weight is 308 g/mol. The maximum absolute atomic E-state index is 9.71. The smallest absolute Gasteiger partial charge is 0.145 e. The zero-order valence-electron chi connectivity index (χ0n) is 10.2. The number of benzene rings is 1. The van der Waals surface area contributed by atoms with Gasteiger partial charge in [0.25, 0.3) is 0 Å². The highest BCUT2D eigenvalue weighted by Crippen LogP contribution is 2.32. The normalized spacial score (nSPS) is 12.2. The molecule has 1 N–H and O–H groups in total. The summed E-state index contributed by atoms with van der Waals surface area (Å²) >= 11 is 3.39. The number of aliphatic hydroxyl groups excluding tert-OH is 1. The van der Waals surface area contributed by atoms with Crippen LogP contribution in [0.15, 0.2) is 41.0 Å². The van der Waals surface area contributed by atoms with E-state index in [0.29, 0.717) is 11.5 Å². The van der Waals surface area contributed by atoms with E-state index in [1.165, 1.54) is 0 Å². The molecule has 18 heavy (non-hydrogen) atoms. The largest absolute Gasteiger partial charge is 0.455 e. The summed E-state index contributed by atoms with van der Waals surface area (Å²) < 4.78 is 6.66. The van der Waals surface area contributed by atoms with Crippen molar-refractivity contribution in [1.82, 2.24) is 4.98 Å². The molecule has 0 aliphatic rings. The van der Waals surface area contributed by atoms with Crippen molar-refractivity contribution < 1.29 is 9.84 Å². The monoisotopic (exact) mass is 307 g/mol. The van der Waals surface area contributed by atoms with Crippen LogP contribution in [0.5, 0.6) is 11.5 Å². The molecule has 3 nitrogen and oxygen atoms in total. The van der Waals surface area contributed by atoms with Crippen LogP contribution in [-0.2, 0) is 0 Å². The van der Waals surface area contributed by atoms with Gasteiger partial charge in [-0.2, -0.15) is 0 Å². The summed E-state index contributed by atoms with van der Waals surface area (Å²) in [6.45, 7) is 3.63. The van der Waals surface area contributed by atoms with Crippen molar-refractivity contribution in [3.8, 4) is 11.5 Å². The van der Waals surface area contributed by atoms with E-state index in [4.69, 9.17) is 4.74 Å². The van der Waals surface area contributed by atoms with Gasteiger partial charge in [-0.25, -0.2) is 0 Å². The Hall–Kier alpha value is -1.39. The van der Waals surface area contributed by atoms with Crippen LogP contribution >= 0.6 is 15.9 Å². The minimum atomic E-state index is -0.577. The van der Waals surface area contributed by atoms with E-state index in [2.05, 4.69) is 20.9 Å². The number of hydrogen-bond acceptors (Lipinski definition) is 3. The zero-order chi connectivity index (χ0) is 13.1. The molecule has 0 spiro atoms. The van der Waals surface area contributed by atoms with Gasteiger partial charge < -0.3 is 9.84 Å². The molecular weight excluding hydrogens is 294 g/mol. The molecule has 0 saturated carbocycles. The van der Waals surface area contributed by atoms with Gasteiger partial charge in [0.1, 0.15) is 11.5 Å². The number of aryl methyl sites for hydroxylation is 1. The highest BCUT2D eigenvalue weighted by Gasteiger charge is 2.10. The third kappa shape index (κ3) is 3.09. The summed E-state index contributed by atoms with van der Waals surface area (Å²) in [7, 11) is 0. The first-order valence-electron chi connectivity index (χ1n) is 5.64. The molecular formula is C14H14BrNO2. The molecule has 94 valence electrons. The molecule has 0 aliphatic carbocycles. The van der Waals surface area contributed by atoms with E-state index in [1.54, 1.807) is 13.1 Å². The number of rotatable bonds is 3. The summed E-state index contributed by atoms with van der Waals surface area (Å²) in [5.41, 5.74) is 1.69. The Bertz CT molecular complexity index is 538. The van der Waals surface area contributed by atoms with E-state index in [-0.39, 0.29) is 0 Å². The number of ether oxygens (including phenoxy) is 1. The Morgan fingerprint density at radius 1 is 1.28 bits per heavy atom. The Morgan fingerprint density at radius 2 is 2.06 bits per heavy atom. The second kappa shape index (κ2) is 5.50. The van der Waals surface area contributed by atoms with Gasteiger partial charge in [-0.1, -0.05) is 22.0 Å². The Balaban J connectivity index is 2.32. The molecule has 1 heterocycles. The quantitative estimate of drug-likeness (QED) is 0.932. The van der Waals surface area contributed by atoms with Crippen molar-refractivity contribution in [2.45, 2.75) is 20.0 Å². The van der Waals surface area contributed by atoms with Crippen LogP contribution in [0.4, 0.5) is 0 Å². The lowest BCUT2D eigenvalue weighted by molar-refractivity contribution is 0.195. The summed E-state index contributed by atoms with van der Waals surface area (Å²) in [4.78, 5) is 4.17. The second-order valence-corrected chi connectivity index (χ2v) is 5.01. The molecule has 0 amide bonds. The van der Waals surface area contributed by atoms with Crippen molar-refractivity contribution >= 4 is 15.9 Å². The van der Waals surface area contributed by atoms with E-state index in [9.17, 15) is 5.11 Å². The second-order valence-electron chi connectivity index (χ2n) is 4.10. The molecule has 1 unspecified atom stereocenters. The van der Waals surface area contributed by atoms with E-state index in [0.717, 1.165) is 15.7 Å². The third-order valence-electron chi connectivity index (χ3n) is 2.54. The number of hydrogen-bond donors (Lipinski definition) is 1. The lowest BCUT2D eigenvalue weighted by atomic mass is 10.1. The van der Waals surface area contributed by atoms with E-state index < -0.39 is 6.10 Å². The molecule has 0 aliphatic heterocycles. The first-order valence-corrected chi connectivity index (χ1v) is 6.43. The zero-order valence-corrected chi connectivity index (χ0v) is 11.8. The fourth-order valence-corrected chi connectivity index (χ4v) is 1.92. The number of aromatic nitrogens is 1. The standard InChI is InChI=1S/C14H14BrNO2/c1-9-3-5-12(8-16-9)18-14-7-11(15)4-6-13(14)10(2)17/h3-8,10,17H,1-2H3. The molecule has 2 rings (SSSR count). The van der Waals surface area contributed by atoms with Gasteiger partial charge in [-0.05, 0) is 38.1 Å². The van der Waals surface area contributed by atoms with Crippen LogP contribution in [-0.4, -0.2) is 10.1 Å². The molecule has 0 radical (unpaired) electrons. The van der Waals surface area contributed by atoms with Crippen LogP contribution in [0.2, 0.25) is 0 Å². The lowest BCUT2D eigenvalue weighted by Gasteiger charge is -2.13. The predicted octanol–water partition coefficient (Wildman–Crippen LogP) is 4.00. The van der Waals surface area contributed by atoms with Crippen LogP contribution < -0.4 is 4.74 Å². The number of halogens is 1. The van der Waals surface area contributed by atoms with Gasteiger partial charge in [-0.3, -0.25) is 4.98 Å². The first-order chi connectivity index (χ1) is 8.56. The topological polar surface area (TPSA) is 42.4 Å². The predicted molar refractivity (Wildman–Crippen MR) is 73.8 cm³/mol. The van der Waals surface area contributed by atoms with Crippen molar-refractivity contribution in [2.24, 2.45) is 0 Å². The minimum absolute atomic E-state index is 0.577. The summed E-state index contributed by atoms with van der Waals surface area (Å²) in [5, 5.41) is 9.71. The molecule has 0 fully saturated rings. The molecule has 2 aromatic rings. The van der Waals surface area contributed by atoms with E-state index >= 15 is 0 Å². The molecule has 4 heteroatoms. The van der Waals surface area contributed by atoms with Gasteiger partial charge >= 0.3 is 0 Å². The Kier molecular flexibility index (Phi) is 3.99. The molecule has 1 aromatic carbocycles. The van der Waals surface area contributed by atoms with Crippen LogP contribution in [0.3, 0.4) is 0 Å². The van der Waals surface area contributed by atoms with E-state index in [1.807, 2.05) is 37.3 Å². The van der Waals surface area contributed by atoms with Crippen molar-refractivity contribution in [3.05, 3.63) is 52.3 Å². The molecule has 1 atom stereocenters. The van der Waals surface area contributed by atoms with Crippen molar-refractivity contribution in [3.63, 3.8) is 0 Å². The fourth-order valence-electron chi connectivity index (χ4n) is 1.58. The van der Waals surface area contributed by atoms with Gasteiger partial charge in [0, 0.05) is 15.7 Å². The summed E-state index contributed by atoms with van der Waals surface area (Å²) in [6.07, 6.45) is 1.09. The Morgan fingerprint density at radius 3 is 2.67 bits per heavy atom. The Labute approximate surface area is 115 Å². The SMILES string of the molecule is Cc1ccc(Oc2cc(Br)ccc2C(C)O)cn1. The van der Waals surface area contributed by atoms with Gasteiger partial charge in [0.15, 0.2) is 0 Å². The summed E-state index contributed by atoms with van der Waals surface area (Å²) in [5.74, 6) is 1.28.